The lowest BCUT2D eigenvalue weighted by atomic mass is 9.35. The standard InChI is InChI=1S/C64H70BN3S/c1-60(2,3)41-27-29-45(30-28-41)67-53-39-50-49(62(6,7)32-33-63(50,8)9)38-52(53)65-57-54(67)35-46(66(42-21-15-12-16-22-42)43-23-17-13-18-24-43)36-55(57)68(44-25-19-14-20-26-44)58-47-37-48-51(40-56(47)69-59(58)65)64(10,11)34-31-61(48,4)5/h12,14-17,19-30,35-39,51H,13,18,31-34,40H2,1-11H3. The van der Waals surface area contributed by atoms with Crippen LogP contribution in [0.3, 0.4) is 0 Å². The average Bonchev–Trinajstić information content (AvgIpc) is 3.70. The van der Waals surface area contributed by atoms with Crippen molar-refractivity contribution in [1.82, 2.24) is 0 Å². The van der Waals surface area contributed by atoms with Crippen LogP contribution in [0.25, 0.3) is 6.08 Å². The summed E-state index contributed by atoms with van der Waals surface area (Å²) in [5.74, 6) is 0.528. The first-order chi connectivity index (χ1) is 32.8. The molecule has 5 aromatic carbocycles. The van der Waals surface area contributed by atoms with E-state index in [0.717, 1.165) is 19.3 Å². The highest BCUT2D eigenvalue weighted by Crippen LogP contribution is 2.59. The van der Waals surface area contributed by atoms with E-state index in [1.54, 1.807) is 10.5 Å². The zero-order valence-electron chi connectivity index (χ0n) is 43.1. The van der Waals surface area contributed by atoms with Gasteiger partial charge in [-0.25, -0.2) is 0 Å². The molecule has 6 aromatic rings. The molecular weight excluding hydrogens is 854 g/mol. The van der Waals surface area contributed by atoms with Crippen LogP contribution in [0.4, 0.5) is 45.5 Å². The van der Waals surface area contributed by atoms with E-state index in [9.17, 15) is 0 Å². The van der Waals surface area contributed by atoms with Crippen molar-refractivity contribution in [3.63, 3.8) is 0 Å². The molecule has 1 atom stereocenters. The van der Waals surface area contributed by atoms with Crippen molar-refractivity contribution in [3.8, 4) is 0 Å². The second kappa shape index (κ2) is 15.5. The number of thiophene rings is 1. The molecule has 0 N–H and O–H groups in total. The van der Waals surface area contributed by atoms with Crippen molar-refractivity contribution >= 4 is 85.3 Å². The van der Waals surface area contributed by atoms with Crippen LogP contribution >= 0.6 is 11.3 Å². The van der Waals surface area contributed by atoms with E-state index >= 15 is 0 Å². The molecule has 350 valence electrons. The normalized spacial score (nSPS) is 20.9. The van der Waals surface area contributed by atoms with E-state index in [1.165, 1.54) is 115 Å². The molecule has 1 saturated carbocycles. The van der Waals surface area contributed by atoms with Crippen molar-refractivity contribution in [1.29, 1.82) is 0 Å². The summed E-state index contributed by atoms with van der Waals surface area (Å²) in [6, 6.07) is 42.5. The number of nitrogens with zero attached hydrogens (tertiary/aromatic N) is 3. The third-order valence-electron chi connectivity index (χ3n) is 17.6. The van der Waals surface area contributed by atoms with E-state index in [2.05, 4.69) is 236 Å². The second-order valence-corrected chi connectivity index (χ2v) is 26.2. The summed E-state index contributed by atoms with van der Waals surface area (Å²) < 4.78 is 1.49. The maximum absolute atomic E-state index is 2.71. The Labute approximate surface area is 417 Å². The molecule has 3 heterocycles. The number of allylic oxidation sites excluding steroid dienone is 4. The Morgan fingerprint density at radius 2 is 1.26 bits per heavy atom. The third kappa shape index (κ3) is 7.02. The third-order valence-corrected chi connectivity index (χ3v) is 18.9. The molecule has 69 heavy (non-hydrogen) atoms. The number of rotatable bonds is 5. The Morgan fingerprint density at radius 3 is 1.91 bits per heavy atom. The Morgan fingerprint density at radius 1 is 0.638 bits per heavy atom. The zero-order valence-corrected chi connectivity index (χ0v) is 43.9. The molecule has 1 fully saturated rings. The monoisotopic (exact) mass is 924 g/mol. The van der Waals surface area contributed by atoms with E-state index < -0.39 is 0 Å². The van der Waals surface area contributed by atoms with Gasteiger partial charge in [0.25, 0.3) is 6.71 Å². The lowest BCUT2D eigenvalue weighted by Crippen LogP contribution is -2.61. The molecule has 2 aliphatic heterocycles. The molecule has 1 aromatic heterocycles. The van der Waals surface area contributed by atoms with Crippen LogP contribution < -0.4 is 30.4 Å². The smallest absolute Gasteiger partial charge is 0.264 e. The van der Waals surface area contributed by atoms with E-state index in [4.69, 9.17) is 0 Å². The molecule has 5 heteroatoms. The molecule has 0 saturated heterocycles. The molecule has 6 aliphatic rings. The number of hydrogen-bond donors (Lipinski definition) is 0. The quantitative estimate of drug-likeness (QED) is 0.159. The Balaban J connectivity index is 1.22. The number of hydrogen-bond acceptors (Lipinski definition) is 4. The first-order valence-corrected chi connectivity index (χ1v) is 26.9. The number of fused-ring (bicyclic) bond motifs is 8. The molecule has 4 aliphatic carbocycles. The Bertz CT molecular complexity index is 3140. The number of para-hydroxylation sites is 2. The maximum Gasteiger partial charge on any atom is 0.264 e. The van der Waals surface area contributed by atoms with Crippen molar-refractivity contribution in [2.45, 2.75) is 137 Å². The van der Waals surface area contributed by atoms with Gasteiger partial charge < -0.3 is 14.7 Å². The fraction of sp³-hybridized carbons (Fsp3) is 0.375. The van der Waals surface area contributed by atoms with Gasteiger partial charge in [-0.3, -0.25) is 0 Å². The van der Waals surface area contributed by atoms with Crippen molar-refractivity contribution in [3.05, 3.63) is 166 Å². The van der Waals surface area contributed by atoms with Gasteiger partial charge in [0, 0.05) is 55.0 Å². The van der Waals surface area contributed by atoms with Gasteiger partial charge in [-0.05, 0) is 166 Å². The number of benzene rings is 5. The van der Waals surface area contributed by atoms with Crippen LogP contribution in [0.5, 0.6) is 0 Å². The largest absolute Gasteiger partial charge is 0.311 e. The summed E-state index contributed by atoms with van der Waals surface area (Å²) in [6.07, 6.45) is 17.9. The molecule has 0 amide bonds. The minimum atomic E-state index is 0.0384. The Hall–Kier alpha value is -5.52. The summed E-state index contributed by atoms with van der Waals surface area (Å²) in [4.78, 5) is 9.46. The van der Waals surface area contributed by atoms with Gasteiger partial charge in [-0.1, -0.05) is 155 Å². The van der Waals surface area contributed by atoms with Crippen LogP contribution in [0.1, 0.15) is 142 Å². The van der Waals surface area contributed by atoms with E-state index in [-0.39, 0.29) is 33.8 Å². The molecule has 1 unspecified atom stereocenters. The van der Waals surface area contributed by atoms with Gasteiger partial charge in [0.15, 0.2) is 0 Å². The lowest BCUT2D eigenvalue weighted by Gasteiger charge is -2.50. The average molecular weight is 924 g/mol. The molecule has 12 rings (SSSR count). The van der Waals surface area contributed by atoms with Crippen molar-refractivity contribution in [2.75, 3.05) is 14.7 Å². The zero-order chi connectivity index (χ0) is 48.0. The minimum absolute atomic E-state index is 0.0384. The molecular formula is C64H70BN3S. The van der Waals surface area contributed by atoms with Crippen LogP contribution in [0.15, 0.2) is 139 Å². The van der Waals surface area contributed by atoms with E-state index in [1.807, 2.05) is 0 Å². The van der Waals surface area contributed by atoms with Gasteiger partial charge in [-0.2, -0.15) is 11.3 Å². The summed E-state index contributed by atoms with van der Waals surface area (Å²) >= 11 is 2.13. The lowest BCUT2D eigenvalue weighted by molar-refractivity contribution is 0.124. The molecule has 0 radical (unpaired) electrons. The van der Waals surface area contributed by atoms with Crippen LogP contribution in [-0.4, -0.2) is 6.71 Å². The Kier molecular flexibility index (Phi) is 10.0. The highest BCUT2D eigenvalue weighted by molar-refractivity contribution is 7.29. The van der Waals surface area contributed by atoms with Crippen LogP contribution in [0, 0.1) is 16.7 Å². The van der Waals surface area contributed by atoms with Gasteiger partial charge in [0.2, 0.25) is 0 Å². The summed E-state index contributed by atoms with van der Waals surface area (Å²) in [7, 11) is 0. The minimum Gasteiger partial charge on any atom is -0.311 e. The summed E-state index contributed by atoms with van der Waals surface area (Å²) in [5, 5.41) is 0. The van der Waals surface area contributed by atoms with Crippen molar-refractivity contribution < 1.29 is 0 Å². The topological polar surface area (TPSA) is 9.72 Å². The molecule has 0 spiro atoms. The fourth-order valence-corrected chi connectivity index (χ4v) is 14.7. The maximum atomic E-state index is 2.71. The first-order valence-electron chi connectivity index (χ1n) is 26.0. The van der Waals surface area contributed by atoms with E-state index in [0.29, 0.717) is 5.92 Å². The highest BCUT2D eigenvalue weighted by atomic mass is 32.1. The van der Waals surface area contributed by atoms with Gasteiger partial charge in [0.1, 0.15) is 0 Å². The SMILES string of the molecule is CC1(C)CCC(C)(C)C2Cc3sc4c(c3C=C21)N(c1ccccc1)c1cc(N(C2=CCCC=C2)c2ccccc2)cc2c1B4c1cc3c(cc1N2c1ccc(C(C)(C)C)cc1)C(C)(C)CCC3(C)C. The summed E-state index contributed by atoms with van der Waals surface area (Å²) in [6.45, 7) is 27.2. The van der Waals surface area contributed by atoms with Gasteiger partial charge in [0.05, 0.1) is 11.4 Å². The van der Waals surface area contributed by atoms with Gasteiger partial charge >= 0.3 is 0 Å². The molecule has 0 bridgehead atoms. The van der Waals surface area contributed by atoms with Crippen molar-refractivity contribution in [2.24, 2.45) is 16.7 Å². The predicted octanol–water partition coefficient (Wildman–Crippen LogP) is 16.3. The van der Waals surface area contributed by atoms with Crippen LogP contribution in [-0.2, 0) is 22.7 Å². The summed E-state index contributed by atoms with van der Waals surface area (Å²) in [5.41, 5.74) is 22.1. The fourth-order valence-electron chi connectivity index (χ4n) is 13.2. The first kappa shape index (κ1) is 44.7. The second-order valence-electron chi connectivity index (χ2n) is 25.0. The van der Waals surface area contributed by atoms with Crippen LogP contribution in [0.2, 0.25) is 0 Å². The molecule has 3 nitrogen and oxygen atoms in total. The number of anilines is 8. The highest BCUT2D eigenvalue weighted by Gasteiger charge is 2.51. The van der Waals surface area contributed by atoms with Gasteiger partial charge in [-0.15, -0.1) is 0 Å². The predicted molar refractivity (Wildman–Crippen MR) is 299 cm³/mol.